The highest BCUT2D eigenvalue weighted by atomic mass is 17.7. The molecule has 0 N–H and O–H groups in total. The van der Waals surface area contributed by atoms with Gasteiger partial charge in [-0.25, -0.2) is 4.89 Å². The van der Waals surface area contributed by atoms with Gasteiger partial charge in [-0.1, -0.05) is 25.7 Å². The van der Waals surface area contributed by atoms with Crippen LogP contribution >= 0.6 is 0 Å². The van der Waals surface area contributed by atoms with Crippen LogP contribution in [0.3, 0.4) is 0 Å². The molecule has 1 aliphatic heterocycles. The summed E-state index contributed by atoms with van der Waals surface area (Å²) in [5.41, 5.74) is 0. The molecule has 0 fully saturated rings. The standard InChI is InChI=1S/C10H18O5/c1-2-4-6-8-12-14-15-13-10-9-11-7-5-3-1/h9-10H,1-8H2. The normalized spacial score (nSPS) is 21.9. The lowest BCUT2D eigenvalue weighted by Crippen LogP contribution is -1.97. The quantitative estimate of drug-likeness (QED) is 0.585. The fraction of sp³-hybridized carbons (Fsp3) is 0.800. The lowest BCUT2D eigenvalue weighted by Gasteiger charge is -2.01. The maximum absolute atomic E-state index is 5.13. The average Bonchev–Trinajstić information content (AvgIpc) is 2.27. The van der Waals surface area contributed by atoms with Gasteiger partial charge in [0.2, 0.25) is 0 Å². The number of rotatable bonds is 0. The van der Waals surface area contributed by atoms with Crippen molar-refractivity contribution < 1.29 is 24.6 Å². The molecule has 0 aromatic carbocycles. The molecule has 0 aromatic rings. The summed E-state index contributed by atoms with van der Waals surface area (Å²) in [7, 11) is 0. The van der Waals surface area contributed by atoms with E-state index in [0.717, 1.165) is 19.3 Å². The molecule has 5 heteroatoms. The summed E-state index contributed by atoms with van der Waals surface area (Å²) in [4.78, 5) is 9.14. The maximum atomic E-state index is 5.13. The second-order valence-electron chi connectivity index (χ2n) is 3.32. The summed E-state index contributed by atoms with van der Waals surface area (Å²) in [5, 5.41) is 8.50. The van der Waals surface area contributed by atoms with E-state index >= 15 is 0 Å². The predicted molar refractivity (Wildman–Crippen MR) is 52.0 cm³/mol. The van der Waals surface area contributed by atoms with Gasteiger partial charge < -0.3 is 9.62 Å². The van der Waals surface area contributed by atoms with E-state index < -0.39 is 0 Å². The summed E-state index contributed by atoms with van der Waals surface area (Å²) in [5.74, 6) is 0. The van der Waals surface area contributed by atoms with Crippen molar-refractivity contribution in [1.29, 1.82) is 0 Å². The third-order valence-electron chi connectivity index (χ3n) is 2.06. The Hall–Kier alpha value is -0.780. The summed E-state index contributed by atoms with van der Waals surface area (Å²) >= 11 is 0. The Labute approximate surface area is 89.7 Å². The monoisotopic (exact) mass is 218 g/mol. The van der Waals surface area contributed by atoms with Gasteiger partial charge in [0.05, 0.1) is 13.2 Å². The van der Waals surface area contributed by atoms with Crippen LogP contribution in [0, 0.1) is 0 Å². The molecule has 1 aliphatic rings. The Bertz CT molecular complexity index is 144. The van der Waals surface area contributed by atoms with Gasteiger partial charge in [-0.15, -0.1) is 0 Å². The molecule has 0 bridgehead atoms. The molecule has 0 aliphatic carbocycles. The molecule has 0 atom stereocenters. The number of hydrogen-bond donors (Lipinski definition) is 0. The molecule has 1 rings (SSSR count). The molecule has 1 heterocycles. The van der Waals surface area contributed by atoms with Gasteiger partial charge in [-0.3, -0.25) is 0 Å². The van der Waals surface area contributed by atoms with Crippen LogP contribution < -0.4 is 0 Å². The second-order valence-corrected chi connectivity index (χ2v) is 3.32. The molecule has 5 nitrogen and oxygen atoms in total. The molecule has 0 spiro atoms. The first-order valence-corrected chi connectivity index (χ1v) is 5.38. The van der Waals surface area contributed by atoms with Crippen molar-refractivity contribution >= 4 is 0 Å². The van der Waals surface area contributed by atoms with Crippen LogP contribution in [0.4, 0.5) is 0 Å². The van der Waals surface area contributed by atoms with E-state index in [-0.39, 0.29) is 0 Å². The van der Waals surface area contributed by atoms with Crippen molar-refractivity contribution in [2.45, 2.75) is 38.5 Å². The topological polar surface area (TPSA) is 46.2 Å². The molecule has 0 radical (unpaired) electrons. The van der Waals surface area contributed by atoms with Crippen molar-refractivity contribution in [3.8, 4) is 0 Å². The first-order valence-electron chi connectivity index (χ1n) is 5.38. The highest BCUT2D eigenvalue weighted by molar-refractivity contribution is 4.58. The van der Waals surface area contributed by atoms with Gasteiger partial charge in [-0.05, 0) is 17.9 Å². The second kappa shape index (κ2) is 9.76. The molecule has 15 heavy (non-hydrogen) atoms. The third-order valence-corrected chi connectivity index (χ3v) is 2.06. The number of ether oxygens (including phenoxy) is 1. The Kier molecular flexibility index (Phi) is 8.00. The van der Waals surface area contributed by atoms with E-state index in [1.54, 1.807) is 0 Å². The van der Waals surface area contributed by atoms with E-state index in [2.05, 4.69) is 19.9 Å². The summed E-state index contributed by atoms with van der Waals surface area (Å²) in [6.45, 7) is 1.22. The van der Waals surface area contributed by atoms with Crippen LogP contribution in [0.25, 0.3) is 0 Å². The minimum atomic E-state index is 0.517. The van der Waals surface area contributed by atoms with E-state index in [1.165, 1.54) is 31.8 Å². The molecular formula is C10H18O5. The molecule has 0 unspecified atom stereocenters. The largest absolute Gasteiger partial charge is 0.498 e. The zero-order valence-corrected chi connectivity index (χ0v) is 8.85. The lowest BCUT2D eigenvalue weighted by molar-refractivity contribution is -0.621. The zero-order chi connectivity index (χ0) is 10.6. The minimum Gasteiger partial charge on any atom is -0.498 e. The molecular weight excluding hydrogens is 200 g/mol. The van der Waals surface area contributed by atoms with Gasteiger partial charge in [0, 0.05) is 5.04 Å². The molecule has 0 saturated heterocycles. The van der Waals surface area contributed by atoms with Crippen molar-refractivity contribution in [3.05, 3.63) is 12.5 Å². The first kappa shape index (κ1) is 12.3. The summed E-state index contributed by atoms with van der Waals surface area (Å²) in [6, 6.07) is 0. The van der Waals surface area contributed by atoms with Crippen LogP contribution in [-0.2, 0) is 24.6 Å². The molecule has 0 saturated carbocycles. The lowest BCUT2D eigenvalue weighted by atomic mass is 10.1. The smallest absolute Gasteiger partial charge is 0.167 e. The van der Waals surface area contributed by atoms with E-state index in [9.17, 15) is 0 Å². The number of hydrogen-bond acceptors (Lipinski definition) is 5. The van der Waals surface area contributed by atoms with Crippen molar-refractivity contribution in [2.75, 3.05) is 13.2 Å². The van der Waals surface area contributed by atoms with Gasteiger partial charge in [0.25, 0.3) is 0 Å². The molecule has 0 aromatic heterocycles. The fourth-order valence-electron chi connectivity index (χ4n) is 1.28. The van der Waals surface area contributed by atoms with E-state index in [4.69, 9.17) is 4.74 Å². The van der Waals surface area contributed by atoms with Gasteiger partial charge in [-0.2, -0.15) is 0 Å². The fourth-order valence-corrected chi connectivity index (χ4v) is 1.28. The predicted octanol–water partition coefficient (Wildman–Crippen LogP) is 2.64. The summed E-state index contributed by atoms with van der Waals surface area (Å²) in [6.07, 6.45) is 9.50. The minimum absolute atomic E-state index is 0.517. The van der Waals surface area contributed by atoms with Gasteiger partial charge >= 0.3 is 0 Å². The van der Waals surface area contributed by atoms with Crippen LogP contribution in [0.15, 0.2) is 12.5 Å². The van der Waals surface area contributed by atoms with Gasteiger partial charge in [0.15, 0.2) is 6.26 Å². The van der Waals surface area contributed by atoms with E-state index in [1.807, 2.05) is 0 Å². The Morgan fingerprint density at radius 1 is 0.667 bits per heavy atom. The Morgan fingerprint density at radius 3 is 2.27 bits per heavy atom. The SMILES string of the molecule is C1=COOOOCCCCCCCCO1. The van der Waals surface area contributed by atoms with Gasteiger partial charge in [0.1, 0.15) is 6.26 Å². The maximum Gasteiger partial charge on any atom is 0.167 e. The van der Waals surface area contributed by atoms with Crippen LogP contribution in [0.1, 0.15) is 38.5 Å². The third kappa shape index (κ3) is 8.23. The van der Waals surface area contributed by atoms with Crippen LogP contribution in [0.2, 0.25) is 0 Å². The highest BCUT2D eigenvalue weighted by Crippen LogP contribution is 2.06. The van der Waals surface area contributed by atoms with Crippen molar-refractivity contribution in [2.24, 2.45) is 0 Å². The molecule has 0 amide bonds. The van der Waals surface area contributed by atoms with Crippen molar-refractivity contribution in [3.63, 3.8) is 0 Å². The first-order chi connectivity index (χ1) is 7.50. The Balaban J connectivity index is 2.08. The summed E-state index contributed by atoms with van der Waals surface area (Å²) < 4.78 is 5.13. The average molecular weight is 218 g/mol. The van der Waals surface area contributed by atoms with Crippen LogP contribution in [-0.4, -0.2) is 13.2 Å². The van der Waals surface area contributed by atoms with E-state index in [0.29, 0.717) is 13.2 Å². The van der Waals surface area contributed by atoms with Crippen LogP contribution in [0.5, 0.6) is 0 Å². The zero-order valence-electron chi connectivity index (χ0n) is 8.85. The highest BCUT2D eigenvalue weighted by Gasteiger charge is 1.94. The molecule has 88 valence electrons. The Morgan fingerprint density at radius 2 is 1.40 bits per heavy atom. The van der Waals surface area contributed by atoms with Crippen molar-refractivity contribution in [1.82, 2.24) is 0 Å².